The Morgan fingerprint density at radius 3 is 2.35 bits per heavy atom. The smallest absolute Gasteiger partial charge is 0.251 e. The molecular weight excluding hydrogens is 484 g/mol. The van der Waals surface area contributed by atoms with Gasteiger partial charge in [-0.25, -0.2) is 17.2 Å². The number of halogens is 3. The van der Waals surface area contributed by atoms with Gasteiger partial charge in [-0.2, -0.15) is 4.31 Å². The van der Waals surface area contributed by atoms with Crippen molar-refractivity contribution in [2.24, 2.45) is 0 Å². The number of sulfonamides is 1. The number of nitrogens with zero attached hydrogens (tertiary/aromatic N) is 2. The second kappa shape index (κ2) is 9.99. The lowest BCUT2D eigenvalue weighted by Crippen LogP contribution is -2.63. The molecule has 1 aromatic rings. The van der Waals surface area contributed by atoms with Gasteiger partial charge in [-0.05, 0) is 61.8 Å². The van der Waals surface area contributed by atoms with E-state index in [1.807, 2.05) is 13.0 Å². The predicted molar refractivity (Wildman–Crippen MR) is 129 cm³/mol. The van der Waals surface area contributed by atoms with E-state index in [2.05, 4.69) is 10.2 Å². The molecule has 0 radical (unpaired) electrons. The summed E-state index contributed by atoms with van der Waals surface area (Å²) in [6.45, 7) is 3.73. The fourth-order valence-corrected chi connectivity index (χ4v) is 7.00. The summed E-state index contributed by atoms with van der Waals surface area (Å²) in [6.07, 6.45) is 2.68. The number of hydrogen-bond donors (Lipinski definition) is 1. The summed E-state index contributed by atoms with van der Waals surface area (Å²) in [6, 6.07) is 5.29. The van der Waals surface area contributed by atoms with Crippen molar-refractivity contribution in [3.05, 3.63) is 34.3 Å². The highest BCUT2D eigenvalue weighted by molar-refractivity contribution is 7.89. The molecule has 1 heterocycles. The molecule has 3 fully saturated rings. The highest BCUT2D eigenvalue weighted by atomic mass is 35.5. The summed E-state index contributed by atoms with van der Waals surface area (Å²) in [5, 5.41) is 3.64. The molecule has 2 saturated carbocycles. The molecule has 6 nitrogen and oxygen atoms in total. The van der Waals surface area contributed by atoms with E-state index in [-0.39, 0.29) is 43.9 Å². The monoisotopic (exact) mass is 517 g/mol. The Bertz CT molecular complexity index is 999. The third-order valence-corrected chi connectivity index (χ3v) is 9.84. The molecule has 1 N–H and O–H groups in total. The van der Waals surface area contributed by atoms with Crippen LogP contribution in [0.5, 0.6) is 0 Å². The molecule has 34 heavy (non-hydrogen) atoms. The first-order chi connectivity index (χ1) is 16.1. The number of piperazine rings is 1. The molecule has 10 heteroatoms. The first-order valence-electron chi connectivity index (χ1n) is 12.2. The fraction of sp³-hybridized carbons (Fsp3) is 0.708. The lowest BCUT2D eigenvalue weighted by molar-refractivity contribution is -0.0856. The van der Waals surface area contributed by atoms with Gasteiger partial charge in [-0.1, -0.05) is 18.5 Å². The molecule has 0 bridgehead atoms. The van der Waals surface area contributed by atoms with E-state index in [0.717, 1.165) is 18.4 Å². The van der Waals surface area contributed by atoms with Crippen LogP contribution in [0.15, 0.2) is 18.2 Å². The third kappa shape index (κ3) is 5.74. The van der Waals surface area contributed by atoms with Crippen molar-refractivity contribution in [1.29, 1.82) is 0 Å². The van der Waals surface area contributed by atoms with Crippen LogP contribution in [0.2, 0.25) is 5.02 Å². The number of carbonyl (C=O) groups is 1. The normalized spacial score (nSPS) is 23.5. The van der Waals surface area contributed by atoms with Crippen molar-refractivity contribution in [2.75, 3.05) is 38.5 Å². The molecule has 0 aromatic heterocycles. The molecule has 190 valence electrons. The Hall–Kier alpha value is -1.29. The van der Waals surface area contributed by atoms with E-state index < -0.39 is 21.5 Å². The number of carbonyl (C=O) groups excluding carboxylic acids is 1. The van der Waals surface area contributed by atoms with E-state index in [1.165, 1.54) is 4.31 Å². The standard InChI is InChI=1S/C24H34ClF2N3O3S/c1-2-15-34(32,33)30-13-11-29(12-14-30)23(7-9-24(26,27)10-8-23)17-28-22(31)20-6-5-19(25)16-21(20)18-3-4-18/h5-6,16,18H,2-4,7-15,17H2,1H3,(H,28,31). The van der Waals surface area contributed by atoms with Gasteiger partial charge in [0, 0.05) is 61.7 Å². The summed E-state index contributed by atoms with van der Waals surface area (Å²) >= 11 is 6.15. The number of amides is 1. The van der Waals surface area contributed by atoms with Gasteiger partial charge in [0.2, 0.25) is 15.9 Å². The van der Waals surface area contributed by atoms with Crippen molar-refractivity contribution in [3.63, 3.8) is 0 Å². The molecule has 1 aromatic carbocycles. The van der Waals surface area contributed by atoms with Gasteiger partial charge in [-0.15, -0.1) is 0 Å². The Labute approximate surface area is 206 Å². The number of nitrogens with one attached hydrogen (secondary N) is 1. The van der Waals surface area contributed by atoms with Crippen molar-refractivity contribution in [2.45, 2.75) is 69.2 Å². The summed E-state index contributed by atoms with van der Waals surface area (Å²) in [7, 11) is -3.29. The van der Waals surface area contributed by atoms with E-state index in [4.69, 9.17) is 11.6 Å². The average Bonchev–Trinajstić information content (AvgIpc) is 3.64. The number of alkyl halides is 2. The SMILES string of the molecule is CCCS(=O)(=O)N1CCN(C2(CNC(=O)c3ccc(Cl)cc3C3CC3)CCC(F)(F)CC2)CC1. The second-order valence-corrected chi connectivity index (χ2v) is 12.5. The quantitative estimate of drug-likeness (QED) is 0.559. The minimum absolute atomic E-state index is 0.116. The lowest BCUT2D eigenvalue weighted by Gasteiger charge is -2.50. The Kier molecular flexibility index (Phi) is 7.58. The van der Waals surface area contributed by atoms with Crippen LogP contribution in [-0.2, 0) is 10.0 Å². The molecular formula is C24H34ClF2N3O3S. The van der Waals surface area contributed by atoms with Crippen LogP contribution < -0.4 is 5.32 Å². The Morgan fingerprint density at radius 2 is 1.76 bits per heavy atom. The average molecular weight is 518 g/mol. The van der Waals surface area contributed by atoms with Crippen LogP contribution in [0.3, 0.4) is 0 Å². The van der Waals surface area contributed by atoms with Crippen LogP contribution in [0.4, 0.5) is 8.78 Å². The minimum atomic E-state index is -3.29. The van der Waals surface area contributed by atoms with Crippen LogP contribution in [0.25, 0.3) is 0 Å². The largest absolute Gasteiger partial charge is 0.350 e. The minimum Gasteiger partial charge on any atom is -0.350 e. The lowest BCUT2D eigenvalue weighted by atomic mass is 9.78. The van der Waals surface area contributed by atoms with E-state index in [9.17, 15) is 22.0 Å². The maximum absolute atomic E-state index is 14.1. The molecule has 1 amide bonds. The number of rotatable bonds is 8. The van der Waals surface area contributed by atoms with Gasteiger partial charge in [0.15, 0.2) is 0 Å². The van der Waals surface area contributed by atoms with Crippen molar-refractivity contribution in [1.82, 2.24) is 14.5 Å². The van der Waals surface area contributed by atoms with E-state index in [1.54, 1.807) is 12.1 Å². The first-order valence-corrected chi connectivity index (χ1v) is 14.2. The highest BCUT2D eigenvalue weighted by Gasteiger charge is 2.47. The summed E-state index contributed by atoms with van der Waals surface area (Å²) < 4.78 is 54.6. The molecule has 0 atom stereocenters. The molecule has 0 unspecified atom stereocenters. The van der Waals surface area contributed by atoms with Gasteiger partial charge in [0.25, 0.3) is 5.91 Å². The van der Waals surface area contributed by atoms with Gasteiger partial charge >= 0.3 is 0 Å². The molecule has 2 aliphatic carbocycles. The van der Waals surface area contributed by atoms with Crippen LogP contribution >= 0.6 is 11.6 Å². The van der Waals surface area contributed by atoms with E-state index >= 15 is 0 Å². The van der Waals surface area contributed by atoms with Crippen molar-refractivity contribution in [3.8, 4) is 0 Å². The number of benzene rings is 1. The van der Waals surface area contributed by atoms with Crippen LogP contribution in [0, 0.1) is 0 Å². The highest BCUT2D eigenvalue weighted by Crippen LogP contribution is 2.43. The maximum atomic E-state index is 14.1. The molecule has 1 aliphatic heterocycles. The zero-order chi connectivity index (χ0) is 24.6. The van der Waals surface area contributed by atoms with Crippen molar-refractivity contribution < 1.29 is 22.0 Å². The number of hydrogen-bond acceptors (Lipinski definition) is 4. The molecule has 3 aliphatic rings. The van der Waals surface area contributed by atoms with Gasteiger partial charge < -0.3 is 5.32 Å². The first kappa shape index (κ1) is 25.8. The Morgan fingerprint density at radius 1 is 1.12 bits per heavy atom. The van der Waals surface area contributed by atoms with Gasteiger partial charge in [0.1, 0.15) is 0 Å². The zero-order valence-electron chi connectivity index (χ0n) is 19.7. The second-order valence-electron chi connectivity index (χ2n) is 9.97. The summed E-state index contributed by atoms with van der Waals surface area (Å²) in [5.74, 6) is -2.45. The zero-order valence-corrected chi connectivity index (χ0v) is 21.2. The van der Waals surface area contributed by atoms with Gasteiger partial charge in [-0.3, -0.25) is 9.69 Å². The summed E-state index contributed by atoms with van der Waals surface area (Å²) in [4.78, 5) is 15.3. The maximum Gasteiger partial charge on any atom is 0.251 e. The van der Waals surface area contributed by atoms with Crippen LogP contribution in [0.1, 0.15) is 73.7 Å². The predicted octanol–water partition coefficient (Wildman–Crippen LogP) is 4.25. The van der Waals surface area contributed by atoms with E-state index in [0.29, 0.717) is 49.1 Å². The topological polar surface area (TPSA) is 69.7 Å². The Balaban J connectivity index is 1.47. The molecule has 0 spiro atoms. The summed E-state index contributed by atoms with van der Waals surface area (Å²) in [5.41, 5.74) is 0.937. The molecule has 1 saturated heterocycles. The van der Waals surface area contributed by atoms with Crippen molar-refractivity contribution >= 4 is 27.5 Å². The third-order valence-electron chi connectivity index (χ3n) is 7.53. The van der Waals surface area contributed by atoms with Crippen LogP contribution in [-0.4, -0.2) is 73.5 Å². The molecule has 4 rings (SSSR count). The van der Waals surface area contributed by atoms with Gasteiger partial charge in [0.05, 0.1) is 5.75 Å². The fourth-order valence-electron chi connectivity index (χ4n) is 5.33.